The summed E-state index contributed by atoms with van der Waals surface area (Å²) in [4.78, 5) is 10.7. The molecule has 0 atom stereocenters. The zero-order valence-corrected chi connectivity index (χ0v) is 10.8. The third-order valence-corrected chi connectivity index (χ3v) is 4.94. The van der Waals surface area contributed by atoms with Crippen LogP contribution in [0.5, 0.6) is 0 Å². The first-order valence-corrected chi connectivity index (χ1v) is 6.49. The van der Waals surface area contributed by atoms with E-state index in [0.29, 0.717) is 3.97 Å². The predicted molar refractivity (Wildman–Crippen MR) is 60.9 cm³/mol. The van der Waals surface area contributed by atoms with E-state index in [0.717, 1.165) is 6.20 Å². The highest BCUT2D eigenvalue weighted by molar-refractivity contribution is 7.90. The maximum atomic E-state index is 11.8. The lowest BCUT2D eigenvalue weighted by atomic mass is 10.3. The van der Waals surface area contributed by atoms with Crippen molar-refractivity contribution in [1.82, 2.24) is 3.97 Å². The molecule has 0 aliphatic carbocycles. The highest BCUT2D eigenvalue weighted by atomic mass is 35.5. The molecule has 0 aliphatic rings. The first-order chi connectivity index (χ1) is 7.19. The molecule has 0 saturated heterocycles. The lowest BCUT2D eigenvalue weighted by Crippen LogP contribution is -2.21. The molecule has 1 rings (SSSR count). The molecule has 0 bridgehead atoms. The zero-order chi connectivity index (χ0) is 12.7. The summed E-state index contributed by atoms with van der Waals surface area (Å²) in [6.07, 6.45) is 0.905. The molecule has 16 heavy (non-hydrogen) atoms. The van der Waals surface area contributed by atoms with Crippen LogP contribution in [0.2, 0.25) is 10.2 Å². The van der Waals surface area contributed by atoms with E-state index < -0.39 is 21.2 Å². The molecule has 90 valence electrons. The normalized spacial score (nSPS) is 12.1. The van der Waals surface area contributed by atoms with Crippen molar-refractivity contribution in [3.05, 3.63) is 21.9 Å². The second-order valence-electron chi connectivity index (χ2n) is 3.34. The molecule has 1 N–H and O–H groups in total. The van der Waals surface area contributed by atoms with Crippen molar-refractivity contribution in [2.75, 3.05) is 0 Å². The first-order valence-electron chi connectivity index (χ1n) is 4.23. The Balaban J connectivity index is 3.50. The molecule has 0 amide bonds. The standard InChI is InChI=1S/C8H9Cl2NO4S/c1-4(2)16(14,15)11-3-5(8(12)13)6(9)7(11)10/h3-4H,1-2H3,(H,12,13). The van der Waals surface area contributed by atoms with Crippen LogP contribution in [0.1, 0.15) is 24.2 Å². The molecule has 0 unspecified atom stereocenters. The summed E-state index contributed by atoms with van der Waals surface area (Å²) in [6.45, 7) is 2.92. The van der Waals surface area contributed by atoms with Gasteiger partial charge in [-0.05, 0) is 13.8 Å². The van der Waals surface area contributed by atoms with E-state index in [-0.39, 0.29) is 15.7 Å². The van der Waals surface area contributed by atoms with E-state index in [1.807, 2.05) is 0 Å². The number of carbonyl (C=O) groups is 1. The molecular formula is C8H9Cl2NO4S. The van der Waals surface area contributed by atoms with E-state index >= 15 is 0 Å². The van der Waals surface area contributed by atoms with Gasteiger partial charge in [0.1, 0.15) is 5.15 Å². The van der Waals surface area contributed by atoms with Crippen LogP contribution >= 0.6 is 23.2 Å². The van der Waals surface area contributed by atoms with Crippen molar-refractivity contribution >= 4 is 39.2 Å². The fourth-order valence-electron chi connectivity index (χ4n) is 1.000. The Bertz CT molecular complexity index is 532. The van der Waals surface area contributed by atoms with Crippen LogP contribution in [0.4, 0.5) is 0 Å². The molecule has 0 spiro atoms. The van der Waals surface area contributed by atoms with Gasteiger partial charge in [0.05, 0.1) is 15.8 Å². The van der Waals surface area contributed by atoms with E-state index in [1.165, 1.54) is 13.8 Å². The highest BCUT2D eigenvalue weighted by Gasteiger charge is 2.26. The van der Waals surface area contributed by atoms with E-state index in [1.54, 1.807) is 0 Å². The smallest absolute Gasteiger partial charge is 0.338 e. The average molecular weight is 286 g/mol. The Morgan fingerprint density at radius 1 is 1.44 bits per heavy atom. The summed E-state index contributed by atoms with van der Waals surface area (Å²) in [5.74, 6) is -1.33. The summed E-state index contributed by atoms with van der Waals surface area (Å²) in [6, 6.07) is 0. The van der Waals surface area contributed by atoms with Crippen molar-refractivity contribution in [3.63, 3.8) is 0 Å². The molecular weight excluding hydrogens is 277 g/mol. The lowest BCUT2D eigenvalue weighted by molar-refractivity contribution is 0.0697. The monoisotopic (exact) mass is 285 g/mol. The molecule has 0 radical (unpaired) electrons. The van der Waals surface area contributed by atoms with Gasteiger partial charge in [-0.1, -0.05) is 23.2 Å². The predicted octanol–water partition coefficient (Wildman–Crippen LogP) is 2.08. The van der Waals surface area contributed by atoms with Gasteiger partial charge in [0.25, 0.3) is 0 Å². The minimum Gasteiger partial charge on any atom is -0.478 e. The lowest BCUT2D eigenvalue weighted by Gasteiger charge is -2.09. The minimum atomic E-state index is -3.71. The van der Waals surface area contributed by atoms with Crippen molar-refractivity contribution in [2.45, 2.75) is 19.1 Å². The summed E-state index contributed by atoms with van der Waals surface area (Å²) < 4.78 is 24.2. The van der Waals surface area contributed by atoms with Crippen LogP contribution < -0.4 is 0 Å². The number of rotatable bonds is 3. The number of hydrogen-bond donors (Lipinski definition) is 1. The minimum absolute atomic E-state index is 0.279. The van der Waals surface area contributed by atoms with Crippen LogP contribution in [0.25, 0.3) is 0 Å². The Labute approximate surface area is 103 Å². The summed E-state index contributed by atoms with van der Waals surface area (Å²) in [7, 11) is -3.71. The van der Waals surface area contributed by atoms with E-state index in [2.05, 4.69) is 0 Å². The molecule has 1 aromatic rings. The average Bonchev–Trinajstić information content (AvgIpc) is 2.44. The van der Waals surface area contributed by atoms with Gasteiger partial charge in [0, 0.05) is 6.20 Å². The van der Waals surface area contributed by atoms with Crippen molar-refractivity contribution in [2.24, 2.45) is 0 Å². The summed E-state index contributed by atoms with van der Waals surface area (Å²) in [5, 5.41) is 7.44. The quantitative estimate of drug-likeness (QED) is 0.922. The molecule has 1 aromatic heterocycles. The molecule has 0 saturated carbocycles. The first kappa shape index (κ1) is 13.3. The fraction of sp³-hybridized carbons (Fsp3) is 0.375. The topological polar surface area (TPSA) is 76.4 Å². The number of carboxylic acids is 1. The Kier molecular flexibility index (Phi) is 3.56. The van der Waals surface area contributed by atoms with Gasteiger partial charge in [0.15, 0.2) is 0 Å². The van der Waals surface area contributed by atoms with Gasteiger partial charge in [-0.25, -0.2) is 17.2 Å². The summed E-state index contributed by atoms with van der Waals surface area (Å²) in [5.41, 5.74) is -0.337. The molecule has 1 heterocycles. The molecule has 0 aliphatic heterocycles. The Morgan fingerprint density at radius 3 is 2.25 bits per heavy atom. The number of carboxylic acid groups (broad SMARTS) is 1. The van der Waals surface area contributed by atoms with Crippen molar-refractivity contribution < 1.29 is 18.3 Å². The van der Waals surface area contributed by atoms with Crippen molar-refractivity contribution in [3.8, 4) is 0 Å². The second kappa shape index (κ2) is 4.27. The number of halogens is 2. The SMILES string of the molecule is CC(C)S(=O)(=O)n1cc(C(=O)O)c(Cl)c1Cl. The van der Waals surface area contributed by atoms with Crippen LogP contribution in [-0.4, -0.2) is 28.7 Å². The van der Waals surface area contributed by atoms with E-state index in [9.17, 15) is 13.2 Å². The molecule has 5 nitrogen and oxygen atoms in total. The Morgan fingerprint density at radius 2 is 1.94 bits per heavy atom. The molecule has 8 heteroatoms. The van der Waals surface area contributed by atoms with Gasteiger partial charge in [-0.2, -0.15) is 0 Å². The number of nitrogens with zero attached hydrogens (tertiary/aromatic N) is 1. The van der Waals surface area contributed by atoms with Crippen molar-refractivity contribution in [1.29, 1.82) is 0 Å². The number of hydrogen-bond acceptors (Lipinski definition) is 3. The van der Waals surface area contributed by atoms with E-state index in [4.69, 9.17) is 28.3 Å². The third-order valence-electron chi connectivity index (χ3n) is 1.96. The van der Waals surface area contributed by atoms with Gasteiger partial charge < -0.3 is 5.11 Å². The van der Waals surface area contributed by atoms with Gasteiger partial charge >= 0.3 is 5.97 Å². The van der Waals surface area contributed by atoms with Crippen LogP contribution in [-0.2, 0) is 10.0 Å². The van der Waals surface area contributed by atoms with Crippen LogP contribution in [0.15, 0.2) is 6.20 Å². The van der Waals surface area contributed by atoms with Crippen LogP contribution in [0, 0.1) is 0 Å². The molecule has 0 aromatic carbocycles. The largest absolute Gasteiger partial charge is 0.478 e. The maximum absolute atomic E-state index is 11.8. The Hall–Kier alpha value is -0.720. The third kappa shape index (κ3) is 2.05. The highest BCUT2D eigenvalue weighted by Crippen LogP contribution is 2.30. The summed E-state index contributed by atoms with van der Waals surface area (Å²) >= 11 is 11.3. The molecule has 0 fully saturated rings. The van der Waals surface area contributed by atoms with Crippen LogP contribution in [0.3, 0.4) is 0 Å². The number of aromatic nitrogens is 1. The number of aromatic carboxylic acids is 1. The van der Waals surface area contributed by atoms with Gasteiger partial charge in [-0.15, -0.1) is 0 Å². The van der Waals surface area contributed by atoms with Gasteiger partial charge in [0.2, 0.25) is 10.0 Å². The zero-order valence-electron chi connectivity index (χ0n) is 8.44. The maximum Gasteiger partial charge on any atom is 0.338 e. The fourth-order valence-corrected chi connectivity index (χ4v) is 2.73. The second-order valence-corrected chi connectivity index (χ2v) is 6.44. The van der Waals surface area contributed by atoms with Gasteiger partial charge in [-0.3, -0.25) is 0 Å².